The molecule has 4 atom stereocenters. The largest absolute Gasteiger partial charge is 0.490 e. The number of nitrogens with zero attached hydrogens (tertiary/aromatic N) is 3. The van der Waals surface area contributed by atoms with E-state index in [2.05, 4.69) is 15.2 Å². The van der Waals surface area contributed by atoms with Crippen molar-refractivity contribution in [2.45, 2.75) is 77.0 Å². The van der Waals surface area contributed by atoms with Crippen LogP contribution in [0.1, 0.15) is 61.8 Å². The van der Waals surface area contributed by atoms with E-state index >= 15 is 0 Å². The van der Waals surface area contributed by atoms with Gasteiger partial charge in [0.05, 0.1) is 36.1 Å². The van der Waals surface area contributed by atoms with Gasteiger partial charge in [-0.3, -0.25) is 9.52 Å². The lowest BCUT2D eigenvalue weighted by molar-refractivity contribution is -0.0115. The molecule has 2 heterocycles. The molecule has 0 saturated heterocycles. The number of ether oxygens (including phenoxy) is 2. The number of carbonyl (C=O) groups excluding carboxylic acids is 2. The van der Waals surface area contributed by atoms with Crippen molar-refractivity contribution in [3.63, 3.8) is 0 Å². The minimum atomic E-state index is -4.10. The van der Waals surface area contributed by atoms with Gasteiger partial charge in [-0.25, -0.2) is 13.2 Å². The van der Waals surface area contributed by atoms with Crippen LogP contribution in [-0.2, 0) is 14.8 Å². The molecule has 0 spiro atoms. The number of sulfonamides is 1. The first-order valence-electron chi connectivity index (χ1n) is 17.6. The summed E-state index contributed by atoms with van der Waals surface area (Å²) in [6, 6.07) is 17.3. The molecular formula is C38H49N5O8S. The van der Waals surface area contributed by atoms with Crippen LogP contribution in [0.5, 0.6) is 5.75 Å². The number of aliphatic hydroxyl groups is 1. The Morgan fingerprint density at radius 3 is 2.58 bits per heavy atom. The Morgan fingerprint density at radius 2 is 1.85 bits per heavy atom. The lowest BCUT2D eigenvalue weighted by Gasteiger charge is -2.35. The smallest absolute Gasteiger partial charge is 0.321 e. The van der Waals surface area contributed by atoms with E-state index in [1.807, 2.05) is 56.3 Å². The third-order valence-electron chi connectivity index (χ3n) is 9.37. The average molecular weight is 736 g/mol. The maximum Gasteiger partial charge on any atom is 0.321 e. The number of amides is 3. The van der Waals surface area contributed by atoms with Crippen LogP contribution >= 0.6 is 0 Å². The molecule has 4 aromatic rings. The zero-order chi connectivity index (χ0) is 37.6. The van der Waals surface area contributed by atoms with Crippen molar-refractivity contribution in [3.05, 3.63) is 77.7 Å². The molecule has 0 saturated carbocycles. The summed E-state index contributed by atoms with van der Waals surface area (Å²) in [5.74, 6) is -0.290. The molecule has 280 valence electrons. The molecule has 5 rings (SSSR count). The Balaban J connectivity index is 1.41. The summed E-state index contributed by atoms with van der Waals surface area (Å²) in [6.07, 6.45) is 1.52. The normalized spacial score (nSPS) is 19.6. The van der Waals surface area contributed by atoms with Gasteiger partial charge in [0, 0.05) is 43.7 Å². The summed E-state index contributed by atoms with van der Waals surface area (Å²) in [6.45, 7) is 9.21. The summed E-state index contributed by atoms with van der Waals surface area (Å²) < 4.78 is 47.0. The fourth-order valence-electron chi connectivity index (χ4n) is 6.41. The molecular weight excluding hydrogens is 687 g/mol. The van der Waals surface area contributed by atoms with Crippen LogP contribution in [-0.4, -0.2) is 92.0 Å². The van der Waals surface area contributed by atoms with Crippen molar-refractivity contribution in [2.24, 2.45) is 5.92 Å². The van der Waals surface area contributed by atoms with E-state index in [1.54, 1.807) is 35.9 Å². The molecule has 3 N–H and O–H groups in total. The standard InChI is InChI=1S/C38H49N5O8S/c1-24-21-43(25(2)23-44)37(45)32-20-30(41-52(47,48)36-27(4)40-51-28(36)5)17-18-34(32)50-26(3)12-9-10-19-49-35(24)22-42(6)38(46)39-33-16-11-14-29-13-7-8-15-31(29)33/h7-8,11,13-18,20,24-26,35,41,44H,9-10,12,19,21-23H2,1-6H3,(H,39,46)/t24-,25+,26+,35-/m0/s1. The van der Waals surface area contributed by atoms with Crippen LogP contribution < -0.4 is 14.8 Å². The molecule has 0 fully saturated rings. The van der Waals surface area contributed by atoms with Crippen LogP contribution in [0.3, 0.4) is 0 Å². The minimum Gasteiger partial charge on any atom is -0.490 e. The van der Waals surface area contributed by atoms with Gasteiger partial charge in [0.25, 0.3) is 15.9 Å². The number of aliphatic hydroxyl groups excluding tert-OH is 1. The minimum absolute atomic E-state index is 0.0741. The zero-order valence-corrected chi connectivity index (χ0v) is 31.4. The van der Waals surface area contributed by atoms with Crippen molar-refractivity contribution in [3.8, 4) is 5.75 Å². The maximum absolute atomic E-state index is 14.5. The van der Waals surface area contributed by atoms with Gasteiger partial charge in [-0.15, -0.1) is 0 Å². The molecule has 3 amide bonds. The molecule has 52 heavy (non-hydrogen) atoms. The second kappa shape index (κ2) is 16.8. The van der Waals surface area contributed by atoms with E-state index in [4.69, 9.17) is 14.0 Å². The Labute approximate surface area is 305 Å². The van der Waals surface area contributed by atoms with E-state index in [-0.39, 0.29) is 65.3 Å². The summed E-state index contributed by atoms with van der Waals surface area (Å²) >= 11 is 0. The molecule has 0 aliphatic carbocycles. The van der Waals surface area contributed by atoms with Gasteiger partial charge >= 0.3 is 6.03 Å². The van der Waals surface area contributed by atoms with Crippen LogP contribution in [0.25, 0.3) is 10.8 Å². The van der Waals surface area contributed by atoms with Crippen LogP contribution in [0.4, 0.5) is 16.2 Å². The van der Waals surface area contributed by atoms with Gasteiger partial charge in [-0.05, 0) is 76.6 Å². The van der Waals surface area contributed by atoms with Crippen LogP contribution in [0.15, 0.2) is 70.1 Å². The number of fused-ring (bicyclic) bond motifs is 2. The second-order valence-corrected chi connectivity index (χ2v) is 15.2. The van der Waals surface area contributed by atoms with Crippen LogP contribution in [0, 0.1) is 19.8 Å². The molecule has 13 nitrogen and oxygen atoms in total. The Bertz CT molecular complexity index is 1960. The first-order valence-corrected chi connectivity index (χ1v) is 19.1. The average Bonchev–Trinajstić information content (AvgIpc) is 3.47. The van der Waals surface area contributed by atoms with Crippen molar-refractivity contribution in [2.75, 3.05) is 43.4 Å². The van der Waals surface area contributed by atoms with Crippen molar-refractivity contribution in [1.82, 2.24) is 15.0 Å². The number of aryl methyl sites for hydroxylation is 2. The highest BCUT2D eigenvalue weighted by atomic mass is 32.2. The zero-order valence-electron chi connectivity index (χ0n) is 30.6. The number of rotatable bonds is 8. The summed E-state index contributed by atoms with van der Waals surface area (Å²) in [5.41, 5.74) is 1.20. The molecule has 1 aromatic heterocycles. The molecule has 3 aromatic carbocycles. The maximum atomic E-state index is 14.5. The number of aromatic nitrogens is 1. The van der Waals surface area contributed by atoms with Crippen molar-refractivity contribution >= 4 is 44.1 Å². The Morgan fingerprint density at radius 1 is 1.10 bits per heavy atom. The molecule has 0 bridgehead atoms. The molecule has 0 unspecified atom stereocenters. The lowest BCUT2D eigenvalue weighted by Crippen LogP contribution is -2.48. The first kappa shape index (κ1) is 38.6. The summed E-state index contributed by atoms with van der Waals surface area (Å²) in [5, 5.41) is 19.0. The third kappa shape index (κ3) is 9.03. The Hall–Kier alpha value is -4.66. The first-order chi connectivity index (χ1) is 24.8. The highest BCUT2D eigenvalue weighted by Crippen LogP contribution is 2.31. The third-order valence-corrected chi connectivity index (χ3v) is 11.0. The highest BCUT2D eigenvalue weighted by molar-refractivity contribution is 7.92. The number of hydrogen-bond acceptors (Lipinski definition) is 9. The van der Waals surface area contributed by atoms with Crippen molar-refractivity contribution in [1.29, 1.82) is 0 Å². The van der Waals surface area contributed by atoms with Gasteiger partial charge in [0.2, 0.25) is 0 Å². The van der Waals surface area contributed by atoms with E-state index in [0.717, 1.165) is 23.6 Å². The Kier molecular flexibility index (Phi) is 12.4. The molecule has 1 aliphatic heterocycles. The lowest BCUT2D eigenvalue weighted by atomic mass is 10.0. The topological polar surface area (TPSA) is 164 Å². The van der Waals surface area contributed by atoms with Gasteiger partial charge in [-0.1, -0.05) is 48.5 Å². The predicted octanol–water partition coefficient (Wildman–Crippen LogP) is 6.20. The second-order valence-electron chi connectivity index (χ2n) is 13.6. The highest BCUT2D eigenvalue weighted by Gasteiger charge is 2.32. The van der Waals surface area contributed by atoms with Gasteiger partial charge in [-0.2, -0.15) is 0 Å². The number of anilines is 2. The van der Waals surface area contributed by atoms with Gasteiger partial charge in [0.15, 0.2) is 10.7 Å². The number of benzene rings is 3. The fourth-order valence-corrected chi connectivity index (χ4v) is 7.79. The van der Waals surface area contributed by atoms with Crippen LogP contribution in [0.2, 0.25) is 0 Å². The molecule has 14 heteroatoms. The van der Waals surface area contributed by atoms with Crippen molar-refractivity contribution < 1.29 is 37.1 Å². The number of nitrogens with one attached hydrogen (secondary N) is 2. The van der Waals surface area contributed by atoms with E-state index in [1.165, 1.54) is 19.9 Å². The molecule has 0 radical (unpaired) electrons. The van der Waals surface area contributed by atoms with E-state index < -0.39 is 28.1 Å². The number of hydrogen-bond donors (Lipinski definition) is 3. The fraction of sp³-hybridized carbons (Fsp3) is 0.447. The number of urea groups is 1. The SMILES string of the molecule is Cc1noc(C)c1S(=O)(=O)Nc1ccc2c(c1)C(=O)N([C@H](C)CO)C[C@H](C)[C@H](CN(C)C(=O)Nc1cccc3ccccc13)OCCCC[C@@H](C)O2. The number of carbonyl (C=O) groups is 2. The monoisotopic (exact) mass is 735 g/mol. The summed E-state index contributed by atoms with van der Waals surface area (Å²) in [4.78, 5) is 31.0. The van der Waals surface area contributed by atoms with E-state index in [0.29, 0.717) is 24.5 Å². The van der Waals surface area contributed by atoms with E-state index in [9.17, 15) is 23.1 Å². The predicted molar refractivity (Wildman–Crippen MR) is 199 cm³/mol. The molecule has 1 aliphatic rings. The summed E-state index contributed by atoms with van der Waals surface area (Å²) in [7, 11) is -2.39. The quantitative estimate of drug-likeness (QED) is 0.191. The van der Waals surface area contributed by atoms with Gasteiger partial charge < -0.3 is 34.2 Å². The number of likely N-dealkylation sites (N-methyl/N-ethyl adjacent to an activating group) is 1. The van der Waals surface area contributed by atoms with Gasteiger partial charge in [0.1, 0.15) is 11.4 Å².